The highest BCUT2D eigenvalue weighted by molar-refractivity contribution is 6.24. The molecular weight excluding hydrogens is 777 g/mol. The van der Waals surface area contributed by atoms with Crippen molar-refractivity contribution in [3.8, 4) is 0 Å². The van der Waals surface area contributed by atoms with E-state index in [1.54, 1.807) is 0 Å². The molecule has 10 nitrogen and oxygen atoms in total. The van der Waals surface area contributed by atoms with E-state index >= 15 is 0 Å². The largest absolute Gasteiger partial charge is 0.468 e. The summed E-state index contributed by atoms with van der Waals surface area (Å²) in [5.74, 6) is -1.23. The Balaban J connectivity index is 1.30. The summed E-state index contributed by atoms with van der Waals surface area (Å²) in [7, 11) is 1.31. The lowest BCUT2D eigenvalue weighted by atomic mass is 9.85. The molecule has 1 aliphatic carbocycles. The van der Waals surface area contributed by atoms with Crippen LogP contribution in [-0.2, 0) is 31.9 Å². The number of ketones is 1. The Morgan fingerprint density at radius 3 is 2.19 bits per heavy atom. The zero-order chi connectivity index (χ0) is 44.8. The zero-order valence-electron chi connectivity index (χ0n) is 38.9. The van der Waals surface area contributed by atoms with Crippen molar-refractivity contribution in [3.63, 3.8) is 0 Å². The minimum atomic E-state index is -1.17. The van der Waals surface area contributed by atoms with Gasteiger partial charge in [-0.3, -0.25) is 19.2 Å². The van der Waals surface area contributed by atoms with Crippen LogP contribution in [0.15, 0.2) is 23.0 Å². The number of nitrogens with one attached hydrogen (secondary N) is 4. The molecule has 2 aliphatic heterocycles. The normalized spacial score (nSPS) is 22.2. The first-order valence-electron chi connectivity index (χ1n) is 23.3. The average molecular weight is 847 g/mol. The van der Waals surface area contributed by atoms with E-state index in [0.717, 1.165) is 82.2 Å². The number of carbonyl (C=O) groups is 4. The summed E-state index contributed by atoms with van der Waals surface area (Å²) in [5.41, 5.74) is 11.4. The molecule has 0 unspecified atom stereocenters. The minimum absolute atomic E-state index is 0.107. The predicted octanol–water partition coefficient (Wildman–Crippen LogP) is 9.47. The van der Waals surface area contributed by atoms with Crippen LogP contribution in [0, 0.1) is 43.4 Å². The molecule has 1 saturated heterocycles. The molecule has 6 rings (SSSR count). The fourth-order valence-electron chi connectivity index (χ4n) is 10.2. The highest BCUT2D eigenvalue weighted by atomic mass is 16.5. The van der Waals surface area contributed by atoms with Crippen LogP contribution < -0.4 is 16.0 Å². The molecule has 0 aromatic carbocycles. The average Bonchev–Trinajstić information content (AvgIpc) is 4.00. The molecule has 0 spiro atoms. The Labute approximate surface area is 368 Å². The van der Waals surface area contributed by atoms with Crippen molar-refractivity contribution in [1.29, 1.82) is 0 Å². The fourth-order valence-corrected chi connectivity index (χ4v) is 10.2. The number of carbonyl (C=O) groups excluding carboxylic acids is 4. The van der Waals surface area contributed by atoms with Gasteiger partial charge in [-0.25, -0.2) is 0 Å². The van der Waals surface area contributed by atoms with Gasteiger partial charge < -0.3 is 29.7 Å². The topological polar surface area (TPSA) is 146 Å². The Morgan fingerprint density at radius 2 is 1.52 bits per heavy atom. The number of H-pyrrole nitrogens is 3. The summed E-state index contributed by atoms with van der Waals surface area (Å²) in [6.07, 6.45) is 20.9. The summed E-state index contributed by atoms with van der Waals surface area (Å²) in [4.78, 5) is 64.7. The Bertz CT molecular complexity index is 2400. The van der Waals surface area contributed by atoms with Crippen LogP contribution in [0.3, 0.4) is 0 Å². The SMILES string of the molecule is CCC[C@@H](C)CCC[C@@H](C)CCC/C(C)=C/COC(=O)CC[C@@H]1/C2=C3/c4[nH]c(c(C)c4C(=O)[C@@H]3C(=O)OC)/C=c3\[nH]/c(c(C=O)c3CC)=C\c3[nH]c(c(C)c3CC)/C=C(\N2)[C@H]1C. The molecule has 3 aromatic rings. The first-order valence-corrected chi connectivity index (χ1v) is 23.3. The number of aldehydes is 1. The molecule has 1 fully saturated rings. The van der Waals surface area contributed by atoms with Crippen molar-refractivity contribution >= 4 is 47.8 Å². The van der Waals surface area contributed by atoms with Crippen LogP contribution in [0.2, 0.25) is 0 Å². The monoisotopic (exact) mass is 847 g/mol. The Kier molecular flexibility index (Phi) is 15.2. The number of methoxy groups -OCH3 is 1. The summed E-state index contributed by atoms with van der Waals surface area (Å²) >= 11 is 0. The summed E-state index contributed by atoms with van der Waals surface area (Å²) in [5, 5.41) is 5.17. The van der Waals surface area contributed by atoms with Crippen LogP contribution >= 0.6 is 0 Å². The maximum absolute atomic E-state index is 14.4. The van der Waals surface area contributed by atoms with Gasteiger partial charge in [-0.1, -0.05) is 85.6 Å². The molecule has 0 radical (unpaired) electrons. The minimum Gasteiger partial charge on any atom is -0.468 e. The third-order valence-corrected chi connectivity index (χ3v) is 14.0. The number of Topliss-reactive ketones (excluding diaryl/α,β-unsaturated/α-hetero) is 1. The van der Waals surface area contributed by atoms with E-state index in [-0.39, 0.29) is 36.6 Å². The van der Waals surface area contributed by atoms with E-state index in [9.17, 15) is 19.2 Å². The highest BCUT2D eigenvalue weighted by Gasteiger charge is 2.48. The maximum atomic E-state index is 14.4. The van der Waals surface area contributed by atoms with Gasteiger partial charge in [0, 0.05) is 68.8 Å². The molecule has 3 aliphatic rings. The van der Waals surface area contributed by atoms with Crippen LogP contribution in [0.5, 0.6) is 0 Å². The van der Waals surface area contributed by atoms with E-state index in [0.29, 0.717) is 51.8 Å². The van der Waals surface area contributed by atoms with Gasteiger partial charge in [0.25, 0.3) is 0 Å². The van der Waals surface area contributed by atoms with Gasteiger partial charge in [0.05, 0.1) is 18.2 Å². The molecule has 5 heterocycles. The second kappa shape index (κ2) is 20.4. The van der Waals surface area contributed by atoms with E-state index < -0.39 is 11.9 Å². The number of rotatable bonds is 19. The smallest absolute Gasteiger partial charge is 0.321 e. The van der Waals surface area contributed by atoms with Gasteiger partial charge in [0.1, 0.15) is 12.5 Å². The Morgan fingerprint density at radius 1 is 0.839 bits per heavy atom. The van der Waals surface area contributed by atoms with E-state index in [4.69, 9.17) is 9.47 Å². The number of fused-ring (bicyclic) bond motifs is 7. The molecule has 10 heteroatoms. The summed E-state index contributed by atoms with van der Waals surface area (Å²) < 4.78 is 11.1. The lowest BCUT2D eigenvalue weighted by Gasteiger charge is -2.19. The van der Waals surface area contributed by atoms with Gasteiger partial charge in [-0.2, -0.15) is 0 Å². The summed E-state index contributed by atoms with van der Waals surface area (Å²) in [6.45, 7) is 19.6. The third kappa shape index (κ3) is 9.59. The third-order valence-electron chi connectivity index (χ3n) is 14.0. The van der Waals surface area contributed by atoms with Crippen LogP contribution in [0.1, 0.15) is 178 Å². The number of esters is 2. The van der Waals surface area contributed by atoms with Crippen molar-refractivity contribution in [2.45, 2.75) is 139 Å². The molecule has 4 N–H and O–H groups in total. The van der Waals surface area contributed by atoms with Crippen molar-refractivity contribution < 1.29 is 28.7 Å². The predicted molar refractivity (Wildman–Crippen MR) is 248 cm³/mol. The lowest BCUT2D eigenvalue weighted by Crippen LogP contribution is -2.25. The van der Waals surface area contributed by atoms with Gasteiger partial charge in [-0.05, 0) is 111 Å². The van der Waals surface area contributed by atoms with Gasteiger partial charge in [-0.15, -0.1) is 0 Å². The standard InChI is InChI=1S/C52H70N4O6/c1-11-16-29(4)17-14-18-30(5)19-15-20-31(6)23-24-62-45(58)22-21-37-33(8)40-25-39-32(7)35(12-2)42(53-39)27-44-38(28-57)36(13-3)43(54-44)26-41-34(9)46-50(56-41)47(49(37)55-40)48(51(46)59)52(60)61-10/h23,25-30,33,37,48,53-56H,11-22,24H2,1-10H3/b31-23+,40-25-,43-26-,44-27-,49-47-/t29-,30-,33+,37+,48-/m1/s1. The van der Waals surface area contributed by atoms with Crippen molar-refractivity contribution in [2.75, 3.05) is 13.7 Å². The van der Waals surface area contributed by atoms with Gasteiger partial charge in [0.2, 0.25) is 0 Å². The number of aromatic nitrogens is 3. The second-order valence-electron chi connectivity index (χ2n) is 18.3. The number of allylic oxidation sites excluding steroid dienone is 3. The molecule has 62 heavy (non-hydrogen) atoms. The van der Waals surface area contributed by atoms with Crippen molar-refractivity contribution in [1.82, 2.24) is 20.3 Å². The van der Waals surface area contributed by atoms with E-state index in [2.05, 4.69) is 74.8 Å². The van der Waals surface area contributed by atoms with Gasteiger partial charge >= 0.3 is 11.9 Å². The molecule has 334 valence electrons. The maximum Gasteiger partial charge on any atom is 0.321 e. The lowest BCUT2D eigenvalue weighted by molar-refractivity contribution is -0.143. The first kappa shape index (κ1) is 46.4. The highest BCUT2D eigenvalue weighted by Crippen LogP contribution is 2.48. The zero-order valence-corrected chi connectivity index (χ0v) is 38.9. The summed E-state index contributed by atoms with van der Waals surface area (Å²) in [6, 6.07) is 0. The van der Waals surface area contributed by atoms with Crippen LogP contribution in [0.25, 0.3) is 23.8 Å². The van der Waals surface area contributed by atoms with Crippen LogP contribution in [0.4, 0.5) is 0 Å². The number of ether oxygens (including phenoxy) is 2. The molecular formula is C52H70N4O6. The van der Waals surface area contributed by atoms with Crippen molar-refractivity contribution in [3.05, 3.63) is 89.9 Å². The Hall–Kier alpha value is -5.12. The van der Waals surface area contributed by atoms with Crippen LogP contribution in [-0.4, -0.2) is 52.7 Å². The van der Waals surface area contributed by atoms with E-state index in [1.807, 2.05) is 32.1 Å². The molecule has 5 atom stereocenters. The number of hydrogen-bond acceptors (Lipinski definition) is 7. The quantitative estimate of drug-likeness (QED) is 0.0407. The van der Waals surface area contributed by atoms with Gasteiger partial charge in [0.15, 0.2) is 12.1 Å². The number of aromatic amines is 3. The second-order valence-corrected chi connectivity index (χ2v) is 18.3. The fraction of sp³-hybridized carbons (Fsp3) is 0.538. The van der Waals surface area contributed by atoms with Crippen molar-refractivity contribution in [2.24, 2.45) is 29.6 Å². The molecule has 0 amide bonds. The first-order chi connectivity index (χ1) is 29.8. The molecule has 8 bridgehead atoms. The van der Waals surface area contributed by atoms with E-state index in [1.165, 1.54) is 51.2 Å². The molecule has 3 aromatic heterocycles. The molecule has 0 saturated carbocycles. The number of hydrogen-bond donors (Lipinski definition) is 4.